The Bertz CT molecular complexity index is 827. The highest BCUT2D eigenvalue weighted by Crippen LogP contribution is 2.38. The predicted octanol–water partition coefficient (Wildman–Crippen LogP) is 3.27. The summed E-state index contributed by atoms with van der Waals surface area (Å²) in [7, 11) is 0. The fourth-order valence-electron chi connectivity index (χ4n) is 3.72. The van der Waals surface area contributed by atoms with Gasteiger partial charge in [0.15, 0.2) is 11.5 Å². The van der Waals surface area contributed by atoms with E-state index >= 15 is 0 Å². The van der Waals surface area contributed by atoms with Crippen LogP contribution in [0, 0.1) is 6.92 Å². The van der Waals surface area contributed by atoms with Crippen molar-refractivity contribution in [1.82, 2.24) is 4.90 Å². The minimum Gasteiger partial charge on any atom is -0.504 e. The molecule has 0 aromatic heterocycles. The van der Waals surface area contributed by atoms with E-state index in [1.54, 1.807) is 11.0 Å². The number of benzene rings is 2. The van der Waals surface area contributed by atoms with Gasteiger partial charge in [-0.1, -0.05) is 24.3 Å². The van der Waals surface area contributed by atoms with Crippen LogP contribution >= 0.6 is 0 Å². The van der Waals surface area contributed by atoms with Crippen molar-refractivity contribution in [3.05, 3.63) is 47.5 Å². The van der Waals surface area contributed by atoms with Crippen LogP contribution in [-0.2, 0) is 16.1 Å². The molecule has 0 bridgehead atoms. The van der Waals surface area contributed by atoms with E-state index in [1.165, 1.54) is 0 Å². The summed E-state index contributed by atoms with van der Waals surface area (Å²) in [6, 6.07) is 11.8. The van der Waals surface area contributed by atoms with E-state index in [-0.39, 0.29) is 17.8 Å². The summed E-state index contributed by atoms with van der Waals surface area (Å²) in [4.78, 5) is 14.5. The Kier molecular flexibility index (Phi) is 4.55. The number of ether oxygens (including phenoxy) is 2. The summed E-state index contributed by atoms with van der Waals surface area (Å²) in [6.45, 7) is 3.97. The van der Waals surface area contributed by atoms with Gasteiger partial charge in [-0.15, -0.1) is 0 Å². The van der Waals surface area contributed by atoms with Gasteiger partial charge in [0.1, 0.15) is 12.7 Å². The molecule has 4 rings (SSSR count). The van der Waals surface area contributed by atoms with Gasteiger partial charge < -0.3 is 19.5 Å². The zero-order valence-electron chi connectivity index (χ0n) is 14.9. The molecular weight excluding hydrogens is 330 g/mol. The van der Waals surface area contributed by atoms with Gasteiger partial charge in [-0.25, -0.2) is 0 Å². The van der Waals surface area contributed by atoms with E-state index in [1.807, 2.05) is 37.3 Å². The summed E-state index contributed by atoms with van der Waals surface area (Å²) < 4.78 is 11.3. The minimum atomic E-state index is -0.343. The maximum absolute atomic E-state index is 12.7. The number of hydrogen-bond acceptors (Lipinski definition) is 4. The van der Waals surface area contributed by atoms with E-state index in [0.717, 1.165) is 35.1 Å². The second-order valence-corrected chi connectivity index (χ2v) is 6.91. The lowest BCUT2D eigenvalue weighted by atomic mass is 9.97. The number of aryl methyl sites for hydroxylation is 1. The van der Waals surface area contributed by atoms with Crippen LogP contribution in [0.15, 0.2) is 36.4 Å². The smallest absolute Gasteiger partial charge is 0.252 e. The molecule has 1 amide bonds. The van der Waals surface area contributed by atoms with Crippen molar-refractivity contribution in [2.45, 2.75) is 32.4 Å². The van der Waals surface area contributed by atoms with Crippen LogP contribution in [-0.4, -0.2) is 41.8 Å². The molecule has 1 saturated heterocycles. The molecule has 136 valence electrons. The van der Waals surface area contributed by atoms with E-state index in [2.05, 4.69) is 0 Å². The largest absolute Gasteiger partial charge is 0.504 e. The first-order valence-corrected chi connectivity index (χ1v) is 9.08. The first kappa shape index (κ1) is 16.9. The SMILES string of the molecule is Cc1ccccc1-c1cc(O)c2c(c1)CN(C(=O)[C@H]1CCCO1)CCO2. The number of rotatable bonds is 2. The van der Waals surface area contributed by atoms with E-state index in [0.29, 0.717) is 32.1 Å². The van der Waals surface area contributed by atoms with Crippen LogP contribution in [0.3, 0.4) is 0 Å². The van der Waals surface area contributed by atoms with Crippen LogP contribution < -0.4 is 4.74 Å². The highest BCUT2D eigenvalue weighted by atomic mass is 16.5. The van der Waals surface area contributed by atoms with Crippen molar-refractivity contribution in [3.8, 4) is 22.6 Å². The molecule has 1 fully saturated rings. The molecule has 5 nitrogen and oxygen atoms in total. The number of fused-ring (bicyclic) bond motifs is 1. The van der Waals surface area contributed by atoms with Gasteiger partial charge in [-0.05, 0) is 48.6 Å². The molecule has 2 aliphatic heterocycles. The van der Waals surface area contributed by atoms with Crippen LogP contribution in [0.1, 0.15) is 24.0 Å². The van der Waals surface area contributed by atoms with Crippen molar-refractivity contribution in [2.24, 2.45) is 0 Å². The topological polar surface area (TPSA) is 59.0 Å². The molecule has 1 N–H and O–H groups in total. The molecule has 1 atom stereocenters. The number of carbonyl (C=O) groups is 1. The van der Waals surface area contributed by atoms with Crippen LogP contribution in [0.4, 0.5) is 0 Å². The number of phenolic OH excluding ortho intramolecular Hbond substituents is 1. The zero-order valence-corrected chi connectivity index (χ0v) is 14.9. The van der Waals surface area contributed by atoms with Gasteiger partial charge in [0.2, 0.25) is 0 Å². The molecule has 0 saturated carbocycles. The number of nitrogens with zero attached hydrogens (tertiary/aromatic N) is 1. The first-order valence-electron chi connectivity index (χ1n) is 9.08. The van der Waals surface area contributed by atoms with Crippen molar-refractivity contribution in [2.75, 3.05) is 19.8 Å². The van der Waals surface area contributed by atoms with Crippen molar-refractivity contribution < 1.29 is 19.4 Å². The summed E-state index contributed by atoms with van der Waals surface area (Å²) in [6.07, 6.45) is 1.36. The molecule has 2 aliphatic rings. The van der Waals surface area contributed by atoms with E-state index in [4.69, 9.17) is 9.47 Å². The Balaban J connectivity index is 1.68. The van der Waals surface area contributed by atoms with E-state index in [9.17, 15) is 9.90 Å². The maximum Gasteiger partial charge on any atom is 0.252 e. The number of aromatic hydroxyl groups is 1. The maximum atomic E-state index is 12.7. The number of carbonyl (C=O) groups excluding carboxylic acids is 1. The third kappa shape index (κ3) is 3.15. The second kappa shape index (κ2) is 7.00. The average molecular weight is 353 g/mol. The highest BCUT2D eigenvalue weighted by Gasteiger charge is 2.30. The van der Waals surface area contributed by atoms with Gasteiger partial charge in [0.05, 0.1) is 6.54 Å². The average Bonchev–Trinajstić information content (AvgIpc) is 3.08. The Morgan fingerprint density at radius 3 is 2.85 bits per heavy atom. The van der Waals surface area contributed by atoms with Gasteiger partial charge in [0.25, 0.3) is 5.91 Å². The third-order valence-electron chi connectivity index (χ3n) is 5.09. The van der Waals surface area contributed by atoms with E-state index < -0.39 is 0 Å². The van der Waals surface area contributed by atoms with Crippen LogP contribution in [0.5, 0.6) is 11.5 Å². The standard InChI is InChI=1S/C21H23NO4/c1-14-5-2-3-6-17(14)15-11-16-13-22(21(24)19-7-4-9-25-19)8-10-26-20(16)18(23)12-15/h2-3,5-6,11-12,19,23H,4,7-10,13H2,1H3/t19-/m1/s1. The molecule has 0 unspecified atom stereocenters. The van der Waals surface area contributed by atoms with Crippen molar-refractivity contribution >= 4 is 5.91 Å². The second-order valence-electron chi connectivity index (χ2n) is 6.91. The fourth-order valence-corrected chi connectivity index (χ4v) is 3.72. The van der Waals surface area contributed by atoms with Crippen LogP contribution in [0.2, 0.25) is 0 Å². The van der Waals surface area contributed by atoms with Gasteiger partial charge in [-0.3, -0.25) is 4.79 Å². The van der Waals surface area contributed by atoms with Gasteiger partial charge >= 0.3 is 0 Å². The molecule has 0 aliphatic carbocycles. The molecule has 2 aromatic rings. The quantitative estimate of drug-likeness (QED) is 0.900. The zero-order chi connectivity index (χ0) is 18.1. The normalized spacial score (nSPS) is 19.6. The number of phenols is 1. The Hall–Kier alpha value is -2.53. The summed E-state index contributed by atoms with van der Waals surface area (Å²) in [5, 5.41) is 10.5. The third-order valence-corrected chi connectivity index (χ3v) is 5.09. The number of hydrogen-bond donors (Lipinski definition) is 1. The molecule has 0 spiro atoms. The summed E-state index contributed by atoms with van der Waals surface area (Å²) >= 11 is 0. The molecule has 5 heteroatoms. The lowest BCUT2D eigenvalue weighted by molar-refractivity contribution is -0.141. The lowest BCUT2D eigenvalue weighted by Gasteiger charge is -2.23. The molecule has 26 heavy (non-hydrogen) atoms. The molecular formula is C21H23NO4. The number of amides is 1. The predicted molar refractivity (Wildman–Crippen MR) is 98.2 cm³/mol. The molecule has 0 radical (unpaired) electrons. The Labute approximate surface area is 153 Å². The van der Waals surface area contributed by atoms with Crippen molar-refractivity contribution in [1.29, 1.82) is 0 Å². The Morgan fingerprint density at radius 1 is 1.23 bits per heavy atom. The molecule has 2 heterocycles. The summed E-state index contributed by atoms with van der Waals surface area (Å²) in [5.74, 6) is 0.608. The molecule has 2 aromatic carbocycles. The van der Waals surface area contributed by atoms with Gasteiger partial charge in [0, 0.05) is 18.7 Å². The van der Waals surface area contributed by atoms with Crippen molar-refractivity contribution in [3.63, 3.8) is 0 Å². The summed E-state index contributed by atoms with van der Waals surface area (Å²) in [5.41, 5.74) is 3.95. The highest BCUT2D eigenvalue weighted by molar-refractivity contribution is 5.81. The minimum absolute atomic E-state index is 0.0136. The van der Waals surface area contributed by atoms with Crippen LogP contribution in [0.25, 0.3) is 11.1 Å². The first-order chi connectivity index (χ1) is 12.6. The monoisotopic (exact) mass is 353 g/mol. The fraction of sp³-hybridized carbons (Fsp3) is 0.381. The lowest BCUT2D eigenvalue weighted by Crippen LogP contribution is -2.39. The van der Waals surface area contributed by atoms with Gasteiger partial charge in [-0.2, -0.15) is 0 Å². The Morgan fingerprint density at radius 2 is 2.08 bits per heavy atom.